The lowest BCUT2D eigenvalue weighted by atomic mass is 9.51. The molecule has 4 aliphatic rings. The number of fused-ring (bicyclic) bond motifs is 3. The van der Waals surface area contributed by atoms with Gasteiger partial charge in [-0.15, -0.1) is 0 Å². The minimum atomic E-state index is -3.27. The maximum Gasteiger partial charge on any atom is 0.238 e. The molecule has 1 heterocycles. The van der Waals surface area contributed by atoms with Gasteiger partial charge in [0.25, 0.3) is 0 Å². The molecule has 3 aliphatic carbocycles. The number of likely N-dealkylation sites (tertiary alicyclic amines) is 1. The summed E-state index contributed by atoms with van der Waals surface area (Å²) in [6.07, 6.45) is -1.12. The largest absolute Gasteiger partial charge is 0.505 e. The number of nitrogens with two attached hydrogens (primary N) is 1. The fourth-order valence-corrected chi connectivity index (χ4v) is 7.01. The number of alkyl halides is 1. The van der Waals surface area contributed by atoms with Gasteiger partial charge in [-0.3, -0.25) is 38.6 Å². The zero-order chi connectivity index (χ0) is 30.1. The molecule has 2 amide bonds. The zero-order valence-corrected chi connectivity index (χ0v) is 22.4. The normalized spacial score (nSPS) is 33.4. The van der Waals surface area contributed by atoms with Crippen molar-refractivity contribution in [3.05, 3.63) is 23.0 Å². The molecule has 0 radical (unpaired) electrons. The van der Waals surface area contributed by atoms with E-state index in [1.807, 2.05) is 4.90 Å². The molecule has 5 rings (SSSR count). The molecule has 1 aliphatic heterocycles. The lowest BCUT2D eigenvalue weighted by molar-refractivity contribution is -0.189. The third-order valence-corrected chi connectivity index (χ3v) is 8.88. The van der Waals surface area contributed by atoms with E-state index in [1.54, 1.807) is 0 Å². The molecule has 2 unspecified atom stereocenters. The summed E-state index contributed by atoms with van der Waals surface area (Å²) in [5.74, 6) is -17.3. The Hall–Kier alpha value is -3.62. The number of amides is 2. The van der Waals surface area contributed by atoms with Gasteiger partial charge in [-0.2, -0.15) is 0 Å². The predicted octanol–water partition coefficient (Wildman–Crippen LogP) is -1.01. The minimum absolute atomic E-state index is 0.0396. The molecule has 220 valence electrons. The van der Waals surface area contributed by atoms with Gasteiger partial charge in [0.1, 0.15) is 17.7 Å². The number of nitrogens with one attached hydrogen (secondary N) is 1. The smallest absolute Gasteiger partial charge is 0.238 e. The van der Waals surface area contributed by atoms with Gasteiger partial charge in [-0.1, -0.05) is 0 Å². The highest BCUT2D eigenvalue weighted by Gasteiger charge is 2.72. The molecular formula is C27H30F2N4O8. The molecule has 0 bridgehead atoms. The van der Waals surface area contributed by atoms with Crippen LogP contribution in [0.4, 0.5) is 14.5 Å². The van der Waals surface area contributed by atoms with Gasteiger partial charge in [0, 0.05) is 17.5 Å². The van der Waals surface area contributed by atoms with Crippen LogP contribution < -0.4 is 11.1 Å². The molecule has 1 aromatic rings. The molecule has 2 saturated carbocycles. The second-order valence-electron chi connectivity index (χ2n) is 11.5. The fourth-order valence-electron chi connectivity index (χ4n) is 7.01. The Balaban J connectivity index is 1.56. The van der Waals surface area contributed by atoms with Gasteiger partial charge in [-0.05, 0) is 46.4 Å². The van der Waals surface area contributed by atoms with Gasteiger partial charge >= 0.3 is 0 Å². The quantitative estimate of drug-likeness (QED) is 0.250. The van der Waals surface area contributed by atoms with Crippen LogP contribution in [-0.4, -0.2) is 107 Å². The van der Waals surface area contributed by atoms with Crippen LogP contribution in [0.15, 0.2) is 6.07 Å². The van der Waals surface area contributed by atoms with Gasteiger partial charge in [0.05, 0.1) is 35.7 Å². The van der Waals surface area contributed by atoms with Gasteiger partial charge in [0.2, 0.25) is 11.8 Å². The number of aromatic hydroxyl groups is 1. The molecule has 1 saturated heterocycles. The van der Waals surface area contributed by atoms with Crippen molar-refractivity contribution >= 4 is 40.6 Å². The number of Topliss-reactive ketones (excluding diaryl/α,β-unsaturated/α-hetero) is 4. The first-order valence-corrected chi connectivity index (χ1v) is 13.3. The van der Waals surface area contributed by atoms with Crippen LogP contribution in [0.2, 0.25) is 0 Å². The van der Waals surface area contributed by atoms with E-state index in [-0.39, 0.29) is 6.54 Å². The monoisotopic (exact) mass is 576 g/mol. The van der Waals surface area contributed by atoms with Crippen molar-refractivity contribution in [2.24, 2.45) is 29.4 Å². The maximum absolute atomic E-state index is 16.3. The van der Waals surface area contributed by atoms with Crippen LogP contribution in [-0.2, 0) is 30.4 Å². The minimum Gasteiger partial charge on any atom is -0.505 e. The number of hydrogen-bond acceptors (Lipinski definition) is 10. The van der Waals surface area contributed by atoms with Crippen LogP contribution in [0, 0.1) is 29.5 Å². The van der Waals surface area contributed by atoms with E-state index in [4.69, 9.17) is 5.73 Å². The fraction of sp³-hybridized carbons (Fsp3) is 0.556. The van der Waals surface area contributed by atoms with Crippen molar-refractivity contribution in [3.63, 3.8) is 0 Å². The Morgan fingerprint density at radius 3 is 2.39 bits per heavy atom. The number of phenols is 1. The van der Waals surface area contributed by atoms with E-state index in [1.165, 1.54) is 14.1 Å². The Morgan fingerprint density at radius 2 is 1.80 bits per heavy atom. The SMILES string of the molecule is CN(C)[C@@H]1C(=O)C(C(N)=O)C(=O)[C@@]2(O)C(=O)C3C(=O)c4c(O)c(NC(=O)CN5CCCC5)cc(F)c4C[C@H]3[C@H](F)[C@@H]12. The lowest BCUT2D eigenvalue weighted by Crippen LogP contribution is -2.77. The van der Waals surface area contributed by atoms with E-state index in [2.05, 4.69) is 5.32 Å². The first-order chi connectivity index (χ1) is 19.2. The number of carbonyl (C=O) groups excluding carboxylic acids is 6. The van der Waals surface area contributed by atoms with E-state index >= 15 is 8.78 Å². The van der Waals surface area contributed by atoms with Crippen LogP contribution in [0.5, 0.6) is 5.75 Å². The van der Waals surface area contributed by atoms with Crippen LogP contribution in [0.25, 0.3) is 0 Å². The summed E-state index contributed by atoms with van der Waals surface area (Å²) < 4.78 is 31.7. The number of halogens is 2. The highest BCUT2D eigenvalue weighted by Crippen LogP contribution is 2.52. The van der Waals surface area contributed by atoms with Gasteiger partial charge in [-0.25, -0.2) is 8.78 Å². The maximum atomic E-state index is 16.3. The molecule has 3 fully saturated rings. The number of nitrogens with zero attached hydrogens (tertiary/aromatic N) is 2. The molecular weight excluding hydrogens is 546 g/mol. The summed E-state index contributed by atoms with van der Waals surface area (Å²) in [4.78, 5) is 81.4. The van der Waals surface area contributed by atoms with Crippen molar-refractivity contribution in [1.82, 2.24) is 9.80 Å². The summed E-state index contributed by atoms with van der Waals surface area (Å²) in [7, 11) is 2.64. The average Bonchev–Trinajstić information content (AvgIpc) is 3.39. The van der Waals surface area contributed by atoms with Gasteiger partial charge < -0.3 is 21.3 Å². The summed E-state index contributed by atoms with van der Waals surface area (Å²) >= 11 is 0. The first kappa shape index (κ1) is 28.9. The van der Waals surface area contributed by atoms with E-state index in [0.29, 0.717) is 13.1 Å². The topological polar surface area (TPSA) is 187 Å². The summed E-state index contributed by atoms with van der Waals surface area (Å²) in [6, 6.07) is -0.843. The van der Waals surface area contributed by atoms with E-state index < -0.39 is 111 Å². The Morgan fingerprint density at radius 1 is 1.17 bits per heavy atom. The number of benzene rings is 1. The molecule has 7 atom stereocenters. The molecule has 41 heavy (non-hydrogen) atoms. The van der Waals surface area contributed by atoms with Crippen molar-refractivity contribution in [1.29, 1.82) is 0 Å². The molecule has 0 aromatic heterocycles. The average molecular weight is 577 g/mol. The van der Waals surface area contributed by atoms with Crippen LogP contribution in [0.1, 0.15) is 28.8 Å². The van der Waals surface area contributed by atoms with E-state index in [9.17, 15) is 39.0 Å². The third kappa shape index (κ3) is 4.18. The highest BCUT2D eigenvalue weighted by molar-refractivity contribution is 6.32. The number of carbonyl (C=O) groups is 6. The summed E-state index contributed by atoms with van der Waals surface area (Å²) in [5.41, 5.74) is 0.450. The van der Waals surface area contributed by atoms with Gasteiger partial charge in [0.15, 0.2) is 34.7 Å². The second-order valence-corrected chi connectivity index (χ2v) is 11.5. The number of rotatable bonds is 5. The predicted molar refractivity (Wildman–Crippen MR) is 136 cm³/mol. The molecule has 1 aromatic carbocycles. The summed E-state index contributed by atoms with van der Waals surface area (Å²) in [5, 5.41) is 24.8. The Labute approximate surface area is 232 Å². The number of hydrogen-bond donors (Lipinski definition) is 4. The number of phenolic OH excluding ortho intramolecular Hbond substituents is 1. The molecule has 0 spiro atoms. The molecule has 12 nitrogen and oxygen atoms in total. The lowest BCUT2D eigenvalue weighted by Gasteiger charge is -2.53. The summed E-state index contributed by atoms with van der Waals surface area (Å²) in [6.45, 7) is 1.33. The second kappa shape index (κ2) is 10.0. The van der Waals surface area contributed by atoms with E-state index in [0.717, 1.165) is 23.8 Å². The van der Waals surface area contributed by atoms with Crippen LogP contribution in [0.3, 0.4) is 0 Å². The number of primary amides is 1. The number of anilines is 1. The number of ketones is 4. The highest BCUT2D eigenvalue weighted by atomic mass is 19.1. The molecule has 14 heteroatoms. The number of aliphatic hydroxyl groups is 1. The van der Waals surface area contributed by atoms with Crippen molar-refractivity contribution in [3.8, 4) is 5.75 Å². The number of likely N-dealkylation sites (N-methyl/N-ethyl adjacent to an activating group) is 1. The first-order valence-electron chi connectivity index (χ1n) is 13.3. The zero-order valence-electron chi connectivity index (χ0n) is 22.4. The van der Waals surface area contributed by atoms with Crippen molar-refractivity contribution < 1.29 is 47.8 Å². The Kier molecular flexibility index (Phi) is 7.07. The standard InChI is InChI=1S/C27H30F2N4O8/c1-32(2)20-18-19(29)11-7-10-12(28)8-13(31-14(34)9-33-5-3-4-6-33)21(35)15(10)22(36)16(11)24(38)27(18,41)25(39)17(23(20)37)26(30)40/h8,11,16-20,35,41H,3-7,9H2,1-2H3,(H2,30,40)(H,31,34)/t11-,16?,17?,18+,19+,20+,27+/m1/s1. The van der Waals surface area contributed by atoms with Crippen molar-refractivity contribution in [2.45, 2.75) is 37.1 Å². The third-order valence-electron chi connectivity index (χ3n) is 8.88. The van der Waals surface area contributed by atoms with Crippen LogP contribution >= 0.6 is 0 Å². The Bertz CT molecular complexity index is 1390. The van der Waals surface area contributed by atoms with Crippen molar-refractivity contribution in [2.75, 3.05) is 39.0 Å². The molecule has 5 N–H and O–H groups in total.